The van der Waals surface area contributed by atoms with Crippen molar-refractivity contribution in [3.05, 3.63) is 47.3 Å². The molecule has 0 aliphatic carbocycles. The molecule has 0 saturated carbocycles. The van der Waals surface area contributed by atoms with Gasteiger partial charge in [0.25, 0.3) is 0 Å². The zero-order valence-corrected chi connectivity index (χ0v) is 21.2. The van der Waals surface area contributed by atoms with Gasteiger partial charge in [-0.05, 0) is 49.7 Å². The van der Waals surface area contributed by atoms with Crippen LogP contribution in [0.5, 0.6) is 11.6 Å². The molecule has 3 aliphatic heterocycles. The highest BCUT2D eigenvalue weighted by Gasteiger charge is 2.23. The molecule has 3 N–H and O–H groups in total. The summed E-state index contributed by atoms with van der Waals surface area (Å²) >= 11 is 0. The highest BCUT2D eigenvalue weighted by atomic mass is 16.5. The average Bonchev–Trinajstić information content (AvgIpc) is 2.95. The van der Waals surface area contributed by atoms with Gasteiger partial charge in [0.05, 0.1) is 24.6 Å². The van der Waals surface area contributed by atoms with Crippen LogP contribution < -0.4 is 25.4 Å². The lowest BCUT2D eigenvalue weighted by Gasteiger charge is -2.26. The van der Waals surface area contributed by atoms with Crippen LogP contribution >= 0.6 is 0 Å². The molecule has 194 valence electrons. The lowest BCUT2D eigenvalue weighted by molar-refractivity contribution is 0.0322. The first-order valence-corrected chi connectivity index (χ1v) is 13.0. The molecule has 0 spiro atoms. The first kappa shape index (κ1) is 23.9. The lowest BCUT2D eigenvalue weighted by atomic mass is 9.97. The van der Waals surface area contributed by atoms with Crippen molar-refractivity contribution in [1.82, 2.24) is 25.2 Å². The van der Waals surface area contributed by atoms with Gasteiger partial charge < -0.3 is 30.2 Å². The molecule has 0 amide bonds. The van der Waals surface area contributed by atoms with E-state index in [1.165, 1.54) is 5.56 Å². The summed E-state index contributed by atoms with van der Waals surface area (Å²) in [6.07, 6.45) is 2.75. The van der Waals surface area contributed by atoms with Crippen LogP contribution in [0, 0.1) is 6.92 Å². The monoisotopic (exact) mass is 503 g/mol. The lowest BCUT2D eigenvalue weighted by Crippen LogP contribution is -2.38. The maximum atomic E-state index is 5.95. The van der Waals surface area contributed by atoms with Crippen LogP contribution in [0.25, 0.3) is 11.3 Å². The molecule has 0 radical (unpaired) electrons. The summed E-state index contributed by atoms with van der Waals surface area (Å²) in [5.41, 5.74) is 7.07. The summed E-state index contributed by atoms with van der Waals surface area (Å²) < 4.78 is 17.1. The Balaban J connectivity index is 1.20. The Hall–Kier alpha value is -3.47. The van der Waals surface area contributed by atoms with Gasteiger partial charge in [0.2, 0.25) is 11.8 Å². The highest BCUT2D eigenvalue weighted by molar-refractivity contribution is 5.77. The number of nitrogens with zero attached hydrogens (tertiary/aromatic N) is 4. The number of benzene rings is 1. The third-order valence-electron chi connectivity index (χ3n) is 7.03. The molecule has 1 saturated heterocycles. The number of morpholine rings is 1. The first-order chi connectivity index (χ1) is 18.2. The first-order valence-electron chi connectivity index (χ1n) is 13.0. The number of rotatable bonds is 7. The Morgan fingerprint density at radius 2 is 1.95 bits per heavy atom. The second-order valence-electron chi connectivity index (χ2n) is 9.45. The van der Waals surface area contributed by atoms with Gasteiger partial charge in [0.1, 0.15) is 24.7 Å². The van der Waals surface area contributed by atoms with Gasteiger partial charge >= 0.3 is 0 Å². The van der Waals surface area contributed by atoms with Gasteiger partial charge in [-0.1, -0.05) is 0 Å². The fraction of sp³-hybridized carbons (Fsp3) is 0.444. The van der Waals surface area contributed by atoms with E-state index in [0.717, 1.165) is 92.0 Å². The molecule has 3 aromatic rings. The maximum absolute atomic E-state index is 5.95. The molecule has 5 heterocycles. The second kappa shape index (κ2) is 10.9. The van der Waals surface area contributed by atoms with E-state index in [2.05, 4.69) is 32.8 Å². The minimum Gasteiger partial charge on any atom is -0.492 e. The summed E-state index contributed by atoms with van der Waals surface area (Å²) in [4.78, 5) is 16.8. The van der Waals surface area contributed by atoms with Crippen LogP contribution in [0.15, 0.2) is 30.5 Å². The SMILES string of the molecule is Cc1c(-c2nc(Nc3ccc(OCCN4CCOCC4)cc3)nc3c2CCNC3)cnc2c1NCCO2. The summed E-state index contributed by atoms with van der Waals surface area (Å²) in [6, 6.07) is 7.95. The summed E-state index contributed by atoms with van der Waals surface area (Å²) in [5.74, 6) is 2.07. The Bertz CT molecular complexity index is 1250. The second-order valence-corrected chi connectivity index (χ2v) is 9.45. The van der Waals surface area contributed by atoms with Crippen molar-refractivity contribution in [1.29, 1.82) is 0 Å². The topological polar surface area (TPSA) is 106 Å². The number of anilines is 3. The van der Waals surface area contributed by atoms with Crippen molar-refractivity contribution in [2.75, 3.05) is 69.8 Å². The van der Waals surface area contributed by atoms with Gasteiger partial charge in [0, 0.05) is 55.7 Å². The van der Waals surface area contributed by atoms with Crippen LogP contribution in [0.3, 0.4) is 0 Å². The highest BCUT2D eigenvalue weighted by Crippen LogP contribution is 2.37. The summed E-state index contributed by atoms with van der Waals surface area (Å²) in [7, 11) is 0. The zero-order chi connectivity index (χ0) is 25.0. The van der Waals surface area contributed by atoms with Crippen LogP contribution in [0.2, 0.25) is 0 Å². The van der Waals surface area contributed by atoms with Crippen molar-refractivity contribution in [3.8, 4) is 22.9 Å². The van der Waals surface area contributed by atoms with Crippen molar-refractivity contribution in [2.45, 2.75) is 19.9 Å². The third kappa shape index (κ3) is 5.31. The zero-order valence-electron chi connectivity index (χ0n) is 21.2. The Morgan fingerprint density at radius 3 is 2.81 bits per heavy atom. The third-order valence-corrected chi connectivity index (χ3v) is 7.03. The largest absolute Gasteiger partial charge is 0.492 e. The number of aromatic nitrogens is 3. The van der Waals surface area contributed by atoms with Crippen molar-refractivity contribution in [3.63, 3.8) is 0 Å². The smallest absolute Gasteiger partial charge is 0.237 e. The molecule has 10 nitrogen and oxygen atoms in total. The number of nitrogens with one attached hydrogen (secondary N) is 3. The average molecular weight is 504 g/mol. The van der Waals surface area contributed by atoms with Crippen molar-refractivity contribution >= 4 is 17.3 Å². The van der Waals surface area contributed by atoms with Crippen LogP contribution in [-0.4, -0.2) is 79.0 Å². The van der Waals surface area contributed by atoms with E-state index >= 15 is 0 Å². The minimum absolute atomic E-state index is 0.569. The van der Waals surface area contributed by atoms with E-state index < -0.39 is 0 Å². The Morgan fingerprint density at radius 1 is 1.08 bits per heavy atom. The standard InChI is InChI=1S/C27H33N7O3/c1-18-22(16-30-26-24(18)29-8-12-37-26)25-21-6-7-28-17-23(21)32-27(33-25)31-19-2-4-20(5-3-19)36-15-11-34-9-13-35-14-10-34/h2-5,16,28-29H,6-15,17H2,1H3,(H,31,32,33). The molecule has 0 unspecified atom stereocenters. The predicted molar refractivity (Wildman–Crippen MR) is 142 cm³/mol. The molecule has 6 rings (SSSR count). The molecule has 0 bridgehead atoms. The predicted octanol–water partition coefficient (Wildman–Crippen LogP) is 2.75. The van der Waals surface area contributed by atoms with Gasteiger partial charge in [-0.25, -0.2) is 15.0 Å². The van der Waals surface area contributed by atoms with Gasteiger partial charge in [-0.15, -0.1) is 0 Å². The van der Waals surface area contributed by atoms with Crippen LogP contribution in [0.1, 0.15) is 16.8 Å². The van der Waals surface area contributed by atoms with E-state index in [0.29, 0.717) is 31.6 Å². The summed E-state index contributed by atoms with van der Waals surface area (Å²) in [6.45, 7) is 10.2. The Kier molecular flexibility index (Phi) is 7.03. The molecular weight excluding hydrogens is 470 g/mol. The quantitative estimate of drug-likeness (QED) is 0.446. The number of hydrogen-bond donors (Lipinski definition) is 3. The van der Waals surface area contributed by atoms with Gasteiger partial charge in [-0.2, -0.15) is 0 Å². The van der Waals surface area contributed by atoms with E-state index in [9.17, 15) is 0 Å². The molecule has 1 fully saturated rings. The van der Waals surface area contributed by atoms with E-state index in [1.54, 1.807) is 0 Å². The molecule has 0 atom stereocenters. The number of hydrogen-bond acceptors (Lipinski definition) is 10. The summed E-state index contributed by atoms with van der Waals surface area (Å²) in [5, 5.41) is 10.3. The minimum atomic E-state index is 0.569. The number of pyridine rings is 1. The number of fused-ring (bicyclic) bond motifs is 2. The fourth-order valence-corrected chi connectivity index (χ4v) is 4.98. The molecule has 1 aromatic carbocycles. The van der Waals surface area contributed by atoms with Crippen molar-refractivity contribution < 1.29 is 14.2 Å². The normalized spacial score (nSPS) is 17.2. The molecular formula is C27H33N7O3. The Labute approximate surface area is 216 Å². The van der Waals surface area contributed by atoms with Gasteiger partial charge in [-0.3, -0.25) is 4.90 Å². The van der Waals surface area contributed by atoms with Crippen LogP contribution in [0.4, 0.5) is 17.3 Å². The maximum Gasteiger partial charge on any atom is 0.237 e. The van der Waals surface area contributed by atoms with E-state index in [4.69, 9.17) is 24.2 Å². The van der Waals surface area contributed by atoms with E-state index in [-0.39, 0.29) is 0 Å². The van der Waals surface area contributed by atoms with E-state index in [1.807, 2.05) is 30.5 Å². The van der Waals surface area contributed by atoms with Gasteiger partial charge in [0.15, 0.2) is 0 Å². The molecule has 10 heteroatoms. The molecule has 2 aromatic heterocycles. The van der Waals surface area contributed by atoms with Crippen molar-refractivity contribution in [2.24, 2.45) is 0 Å². The molecule has 3 aliphatic rings. The van der Waals surface area contributed by atoms with Crippen LogP contribution in [-0.2, 0) is 17.7 Å². The molecule has 37 heavy (non-hydrogen) atoms. The number of ether oxygens (including phenoxy) is 3. The fourth-order valence-electron chi connectivity index (χ4n) is 4.98.